The van der Waals surface area contributed by atoms with Crippen LogP contribution in [-0.4, -0.2) is 31.1 Å². The molecule has 0 N–H and O–H groups in total. The first-order valence-electron chi connectivity index (χ1n) is 6.40. The van der Waals surface area contributed by atoms with E-state index in [-0.39, 0.29) is 11.6 Å². The molecule has 0 atom stereocenters. The lowest BCUT2D eigenvalue weighted by atomic mass is 10.2. The third-order valence-electron chi connectivity index (χ3n) is 2.09. The number of ether oxygens (including phenoxy) is 1. The minimum absolute atomic E-state index is 0.0739. The molecule has 0 aromatic heterocycles. The second-order valence-electron chi connectivity index (χ2n) is 6.61. The van der Waals surface area contributed by atoms with Crippen LogP contribution in [0.5, 0.6) is 0 Å². The highest BCUT2D eigenvalue weighted by Crippen LogP contribution is 2.15. The van der Waals surface area contributed by atoms with E-state index in [4.69, 9.17) is 4.74 Å². The summed E-state index contributed by atoms with van der Waals surface area (Å²) >= 11 is 1.87. The van der Waals surface area contributed by atoms with E-state index in [1.54, 1.807) is 0 Å². The summed E-state index contributed by atoms with van der Waals surface area (Å²) in [7, 11) is -0.876. The van der Waals surface area contributed by atoms with Crippen molar-refractivity contribution in [2.24, 2.45) is 0 Å². The maximum absolute atomic E-state index is 11.4. The number of carbonyl (C=O) groups excluding carboxylic acids is 1. The van der Waals surface area contributed by atoms with Crippen molar-refractivity contribution < 1.29 is 9.53 Å². The molecule has 0 unspecified atom stereocenters. The van der Waals surface area contributed by atoms with E-state index in [2.05, 4.69) is 19.6 Å². The summed E-state index contributed by atoms with van der Waals surface area (Å²) in [5, 5.41) is 0. The molecule has 0 amide bonds. The highest BCUT2D eigenvalue weighted by Gasteiger charge is 2.16. The van der Waals surface area contributed by atoms with E-state index >= 15 is 0 Å². The average Bonchev–Trinajstić information content (AvgIpc) is 2.06. The van der Waals surface area contributed by atoms with Gasteiger partial charge >= 0.3 is 5.97 Å². The second-order valence-corrected chi connectivity index (χ2v) is 13.5. The van der Waals surface area contributed by atoms with E-state index in [1.165, 1.54) is 18.2 Å². The maximum atomic E-state index is 11.4. The van der Waals surface area contributed by atoms with E-state index in [9.17, 15) is 4.79 Å². The molecule has 0 radical (unpaired) electrons. The van der Waals surface area contributed by atoms with Gasteiger partial charge in [-0.05, 0) is 32.9 Å². The van der Waals surface area contributed by atoms with Crippen LogP contribution in [0.4, 0.5) is 0 Å². The van der Waals surface area contributed by atoms with Crippen molar-refractivity contribution in [1.29, 1.82) is 0 Å². The Morgan fingerprint density at radius 1 is 1.18 bits per heavy atom. The number of esters is 1. The van der Waals surface area contributed by atoms with Gasteiger partial charge in [-0.3, -0.25) is 4.79 Å². The van der Waals surface area contributed by atoms with Crippen molar-refractivity contribution in [2.75, 3.05) is 11.5 Å². The van der Waals surface area contributed by atoms with Gasteiger partial charge in [0, 0.05) is 13.8 Å². The van der Waals surface area contributed by atoms with Crippen LogP contribution >= 0.6 is 11.8 Å². The Morgan fingerprint density at radius 2 is 1.76 bits per heavy atom. The fourth-order valence-electron chi connectivity index (χ4n) is 1.35. The summed E-state index contributed by atoms with van der Waals surface area (Å²) in [4.78, 5) is 11.4. The van der Waals surface area contributed by atoms with Crippen LogP contribution in [0.2, 0.25) is 25.7 Å². The Morgan fingerprint density at radius 3 is 2.24 bits per heavy atom. The van der Waals surface area contributed by atoms with Gasteiger partial charge in [-0.1, -0.05) is 25.7 Å². The molecular weight excluding hydrogens is 248 g/mol. The highest BCUT2D eigenvalue weighted by atomic mass is 32.2. The van der Waals surface area contributed by atoms with Crippen LogP contribution in [0.25, 0.3) is 0 Å². The maximum Gasteiger partial charge on any atom is 0.307 e. The van der Waals surface area contributed by atoms with E-state index in [1.807, 2.05) is 32.5 Å². The van der Waals surface area contributed by atoms with Crippen molar-refractivity contribution in [2.45, 2.75) is 64.9 Å². The summed E-state index contributed by atoms with van der Waals surface area (Å²) < 4.78 is 5.25. The smallest absolute Gasteiger partial charge is 0.307 e. The summed E-state index contributed by atoms with van der Waals surface area (Å²) in [6.07, 6.45) is 1.82. The average molecular weight is 277 g/mol. The molecule has 0 spiro atoms. The molecule has 0 aliphatic heterocycles. The first kappa shape index (κ1) is 17.0. The Labute approximate surface area is 112 Å². The van der Waals surface area contributed by atoms with Crippen molar-refractivity contribution in [3.8, 4) is 0 Å². The van der Waals surface area contributed by atoms with Crippen LogP contribution in [0, 0.1) is 0 Å². The standard InChI is InChI=1S/C13H28O2SSi/c1-13(2,3)15-12(14)8-10-16-9-7-11-17(4,5)6/h7-11H2,1-6H3. The molecular formula is C13H28O2SSi. The number of carbonyl (C=O) groups is 1. The summed E-state index contributed by atoms with van der Waals surface area (Å²) in [5.41, 5.74) is -0.348. The van der Waals surface area contributed by atoms with Gasteiger partial charge in [-0.2, -0.15) is 11.8 Å². The predicted molar refractivity (Wildman–Crippen MR) is 80.6 cm³/mol. The van der Waals surface area contributed by atoms with Crippen molar-refractivity contribution >= 4 is 25.8 Å². The molecule has 0 aromatic carbocycles. The van der Waals surface area contributed by atoms with Gasteiger partial charge in [0.15, 0.2) is 0 Å². The quantitative estimate of drug-likeness (QED) is 0.396. The van der Waals surface area contributed by atoms with Crippen molar-refractivity contribution in [3.05, 3.63) is 0 Å². The second kappa shape index (κ2) is 7.47. The largest absolute Gasteiger partial charge is 0.460 e. The van der Waals surface area contributed by atoms with Gasteiger partial charge in [0.05, 0.1) is 6.42 Å². The van der Waals surface area contributed by atoms with E-state index < -0.39 is 8.07 Å². The van der Waals surface area contributed by atoms with Crippen molar-refractivity contribution in [1.82, 2.24) is 0 Å². The lowest BCUT2D eigenvalue weighted by Crippen LogP contribution is -2.24. The van der Waals surface area contributed by atoms with Gasteiger partial charge in [-0.15, -0.1) is 0 Å². The zero-order valence-electron chi connectivity index (χ0n) is 12.3. The van der Waals surface area contributed by atoms with Gasteiger partial charge in [0.25, 0.3) is 0 Å². The van der Waals surface area contributed by atoms with Gasteiger partial charge < -0.3 is 4.74 Å². The molecule has 0 saturated carbocycles. The summed E-state index contributed by atoms with van der Waals surface area (Å²) in [6.45, 7) is 12.9. The van der Waals surface area contributed by atoms with Crippen LogP contribution < -0.4 is 0 Å². The van der Waals surface area contributed by atoms with E-state index in [0.717, 1.165) is 5.75 Å². The summed E-state index contributed by atoms with van der Waals surface area (Å²) in [5.74, 6) is 1.99. The zero-order valence-corrected chi connectivity index (χ0v) is 14.1. The SMILES string of the molecule is CC(C)(C)OC(=O)CCSCCC[Si](C)(C)C. The predicted octanol–water partition coefficient (Wildman–Crippen LogP) is 4.18. The third kappa shape index (κ3) is 14.0. The molecule has 17 heavy (non-hydrogen) atoms. The fraction of sp³-hybridized carbons (Fsp3) is 0.923. The third-order valence-corrected chi connectivity index (χ3v) is 5.01. The molecule has 0 aromatic rings. The molecule has 0 bridgehead atoms. The van der Waals surface area contributed by atoms with Crippen LogP contribution in [0.3, 0.4) is 0 Å². The molecule has 0 rings (SSSR count). The molecule has 4 heteroatoms. The normalized spacial score (nSPS) is 12.6. The van der Waals surface area contributed by atoms with Crippen LogP contribution in [-0.2, 0) is 9.53 Å². The first-order valence-corrected chi connectivity index (χ1v) is 11.3. The molecule has 102 valence electrons. The molecule has 0 fully saturated rings. The lowest BCUT2D eigenvalue weighted by molar-refractivity contribution is -0.154. The Bertz CT molecular complexity index is 229. The van der Waals surface area contributed by atoms with Crippen LogP contribution in [0.1, 0.15) is 33.6 Å². The summed E-state index contributed by atoms with van der Waals surface area (Å²) in [6, 6.07) is 1.38. The number of hydrogen-bond acceptors (Lipinski definition) is 3. The fourth-order valence-corrected chi connectivity index (χ4v) is 3.71. The van der Waals surface area contributed by atoms with Crippen LogP contribution in [0.15, 0.2) is 0 Å². The Kier molecular flexibility index (Phi) is 7.48. The van der Waals surface area contributed by atoms with E-state index in [0.29, 0.717) is 6.42 Å². The van der Waals surface area contributed by atoms with Gasteiger partial charge in [0.1, 0.15) is 5.60 Å². The molecule has 0 aliphatic rings. The molecule has 0 saturated heterocycles. The van der Waals surface area contributed by atoms with Crippen molar-refractivity contribution in [3.63, 3.8) is 0 Å². The highest BCUT2D eigenvalue weighted by molar-refractivity contribution is 7.99. The van der Waals surface area contributed by atoms with Gasteiger partial charge in [-0.25, -0.2) is 0 Å². The Hall–Kier alpha value is 0.0369. The minimum Gasteiger partial charge on any atom is -0.460 e. The molecule has 0 aliphatic carbocycles. The first-order chi connectivity index (χ1) is 7.60. The van der Waals surface area contributed by atoms with Gasteiger partial charge in [0.2, 0.25) is 0 Å². The topological polar surface area (TPSA) is 26.3 Å². The minimum atomic E-state index is -0.876. The molecule has 0 heterocycles. The Balaban J connectivity index is 3.44. The number of hydrogen-bond donors (Lipinski definition) is 0. The number of rotatable bonds is 7. The molecule has 2 nitrogen and oxygen atoms in total. The lowest BCUT2D eigenvalue weighted by Gasteiger charge is -2.19. The zero-order chi connectivity index (χ0) is 13.5. The number of thioether (sulfide) groups is 1. The monoisotopic (exact) mass is 276 g/mol.